The quantitative estimate of drug-likeness (QED) is 0.561. The molecule has 0 radical (unpaired) electrons. The Bertz CT molecular complexity index is 1190. The molecule has 0 spiro atoms. The summed E-state index contributed by atoms with van der Waals surface area (Å²) in [6, 6.07) is 15.6. The van der Waals surface area contributed by atoms with Crippen molar-refractivity contribution in [2.45, 2.75) is 44.7 Å². The van der Waals surface area contributed by atoms with Crippen molar-refractivity contribution in [3.8, 4) is 11.5 Å². The van der Waals surface area contributed by atoms with Crippen LogP contribution in [0.5, 0.6) is 11.5 Å². The number of hydrogen-bond donors (Lipinski definition) is 0. The summed E-state index contributed by atoms with van der Waals surface area (Å²) in [6.07, 6.45) is 1.55. The minimum Gasteiger partial charge on any atom is -0.457 e. The zero-order chi connectivity index (χ0) is 23.7. The lowest BCUT2D eigenvalue weighted by atomic mass is 9.86. The highest BCUT2D eigenvalue weighted by Gasteiger charge is 2.37. The van der Waals surface area contributed by atoms with Crippen LogP contribution in [0.15, 0.2) is 53.3 Å². The molecule has 3 heterocycles. The van der Waals surface area contributed by atoms with Crippen molar-refractivity contribution in [2.75, 3.05) is 26.8 Å². The zero-order valence-corrected chi connectivity index (χ0v) is 19.6. The molecule has 0 saturated carbocycles. The van der Waals surface area contributed by atoms with Gasteiger partial charge >= 0.3 is 5.69 Å². The normalized spacial score (nSPS) is 16.1. The van der Waals surface area contributed by atoms with Gasteiger partial charge in [0.25, 0.3) is 0 Å². The zero-order valence-electron chi connectivity index (χ0n) is 19.6. The van der Waals surface area contributed by atoms with Gasteiger partial charge in [0.2, 0.25) is 5.91 Å². The molecule has 0 bridgehead atoms. The second kappa shape index (κ2) is 9.46. The third kappa shape index (κ3) is 3.92. The van der Waals surface area contributed by atoms with Crippen LogP contribution in [0.1, 0.15) is 48.6 Å². The van der Waals surface area contributed by atoms with E-state index >= 15 is 0 Å². The van der Waals surface area contributed by atoms with Crippen LogP contribution < -0.4 is 10.4 Å². The fraction of sp³-hybridized carbons (Fsp3) is 0.423. The standard InChI is InChI=1S/C26H30N4O4/c1-3-29-24(27-30(26(29)32)16-17-33-2)18-12-14-28(15-13-18)25(31)23-19-8-4-6-10-21(19)34-22-11-7-5-9-20(22)23/h4-11,18,23H,3,12-17H2,1-2H3. The lowest BCUT2D eigenvalue weighted by molar-refractivity contribution is -0.133. The maximum absolute atomic E-state index is 13.8. The fourth-order valence-electron chi connectivity index (χ4n) is 5.10. The minimum atomic E-state index is -0.375. The number of piperidine rings is 1. The van der Waals surface area contributed by atoms with Crippen LogP contribution in [0.2, 0.25) is 0 Å². The fourth-order valence-corrected chi connectivity index (χ4v) is 5.10. The smallest absolute Gasteiger partial charge is 0.345 e. The summed E-state index contributed by atoms with van der Waals surface area (Å²) in [5.41, 5.74) is 1.72. The van der Waals surface area contributed by atoms with Crippen LogP contribution >= 0.6 is 0 Å². The summed E-state index contributed by atoms with van der Waals surface area (Å²) in [5, 5.41) is 4.63. The third-order valence-electron chi connectivity index (χ3n) is 6.87. The summed E-state index contributed by atoms with van der Waals surface area (Å²) in [5.74, 6) is 2.16. The Morgan fingerprint density at radius 1 is 1.06 bits per heavy atom. The Balaban J connectivity index is 1.36. The van der Waals surface area contributed by atoms with Crippen molar-refractivity contribution in [1.82, 2.24) is 19.2 Å². The second-order valence-corrected chi connectivity index (χ2v) is 8.81. The Labute approximate surface area is 198 Å². The first-order valence-electron chi connectivity index (χ1n) is 11.9. The van der Waals surface area contributed by atoms with Gasteiger partial charge in [-0.1, -0.05) is 36.4 Å². The number of rotatable bonds is 6. The highest BCUT2D eigenvalue weighted by molar-refractivity contribution is 5.89. The Morgan fingerprint density at radius 2 is 1.68 bits per heavy atom. The number of methoxy groups -OCH3 is 1. The van der Waals surface area contributed by atoms with Crippen LogP contribution in [0.25, 0.3) is 0 Å². The van der Waals surface area contributed by atoms with E-state index in [1.165, 1.54) is 4.68 Å². The number of para-hydroxylation sites is 2. The van der Waals surface area contributed by atoms with E-state index in [1.807, 2.05) is 60.4 Å². The van der Waals surface area contributed by atoms with Gasteiger partial charge in [-0.05, 0) is 31.9 Å². The van der Waals surface area contributed by atoms with E-state index in [4.69, 9.17) is 9.47 Å². The van der Waals surface area contributed by atoms with E-state index < -0.39 is 0 Å². The predicted molar refractivity (Wildman–Crippen MR) is 127 cm³/mol. The van der Waals surface area contributed by atoms with Gasteiger partial charge in [0.1, 0.15) is 17.3 Å². The Morgan fingerprint density at radius 3 is 2.26 bits per heavy atom. The average molecular weight is 463 g/mol. The number of fused-ring (bicyclic) bond motifs is 2. The number of amides is 1. The molecule has 1 amide bonds. The number of carbonyl (C=O) groups is 1. The van der Waals surface area contributed by atoms with Gasteiger partial charge in [0.05, 0.1) is 19.1 Å². The largest absolute Gasteiger partial charge is 0.457 e. The van der Waals surface area contributed by atoms with E-state index in [0.717, 1.165) is 41.3 Å². The Hall–Kier alpha value is -3.39. The van der Waals surface area contributed by atoms with Crippen LogP contribution in [-0.2, 0) is 22.6 Å². The molecule has 0 N–H and O–H groups in total. The van der Waals surface area contributed by atoms with Crippen molar-refractivity contribution >= 4 is 5.91 Å². The van der Waals surface area contributed by atoms with Gasteiger partial charge in [-0.25, -0.2) is 9.48 Å². The summed E-state index contributed by atoms with van der Waals surface area (Å²) in [4.78, 5) is 28.5. The number of nitrogens with zero attached hydrogens (tertiary/aromatic N) is 4. The summed E-state index contributed by atoms with van der Waals surface area (Å²) in [7, 11) is 1.62. The molecule has 1 saturated heterocycles. The monoisotopic (exact) mass is 462 g/mol. The van der Waals surface area contributed by atoms with Crippen molar-refractivity contribution in [3.05, 3.63) is 76.0 Å². The van der Waals surface area contributed by atoms with Crippen LogP contribution in [0.3, 0.4) is 0 Å². The molecule has 5 rings (SSSR count). The molecule has 34 heavy (non-hydrogen) atoms. The molecule has 0 aliphatic carbocycles. The first-order valence-corrected chi connectivity index (χ1v) is 11.9. The van der Waals surface area contributed by atoms with Gasteiger partial charge in [-0.15, -0.1) is 0 Å². The molecule has 2 aromatic carbocycles. The molecule has 0 atom stereocenters. The Kier molecular flexibility index (Phi) is 6.24. The van der Waals surface area contributed by atoms with Gasteiger partial charge in [-0.3, -0.25) is 9.36 Å². The summed E-state index contributed by atoms with van der Waals surface area (Å²) >= 11 is 0. The van der Waals surface area contributed by atoms with E-state index in [-0.39, 0.29) is 23.4 Å². The second-order valence-electron chi connectivity index (χ2n) is 8.81. The SMILES string of the molecule is CCn1c(C2CCN(C(=O)C3c4ccccc4Oc4ccccc43)CC2)nn(CCOC)c1=O. The molecule has 3 aromatic rings. The van der Waals surface area contributed by atoms with Crippen LogP contribution in [0, 0.1) is 0 Å². The number of aromatic nitrogens is 3. The molecule has 2 aliphatic rings. The highest BCUT2D eigenvalue weighted by Crippen LogP contribution is 2.45. The molecule has 8 heteroatoms. The van der Waals surface area contributed by atoms with Crippen molar-refractivity contribution in [1.29, 1.82) is 0 Å². The number of ether oxygens (including phenoxy) is 2. The van der Waals surface area contributed by atoms with E-state index in [1.54, 1.807) is 11.7 Å². The molecular formula is C26H30N4O4. The van der Waals surface area contributed by atoms with Crippen molar-refractivity contribution < 1.29 is 14.3 Å². The molecule has 1 aromatic heterocycles. The lowest BCUT2D eigenvalue weighted by Gasteiger charge is -2.36. The lowest BCUT2D eigenvalue weighted by Crippen LogP contribution is -2.42. The first-order chi connectivity index (χ1) is 16.6. The molecule has 178 valence electrons. The maximum atomic E-state index is 13.8. The number of likely N-dealkylation sites (tertiary alicyclic amines) is 1. The molecule has 8 nitrogen and oxygen atoms in total. The molecule has 2 aliphatic heterocycles. The average Bonchev–Trinajstić information content (AvgIpc) is 3.20. The van der Waals surface area contributed by atoms with Gasteiger partial charge < -0.3 is 14.4 Å². The summed E-state index contributed by atoms with van der Waals surface area (Å²) < 4.78 is 14.4. The van der Waals surface area contributed by atoms with Crippen LogP contribution in [0.4, 0.5) is 0 Å². The maximum Gasteiger partial charge on any atom is 0.345 e. The third-order valence-corrected chi connectivity index (χ3v) is 6.87. The topological polar surface area (TPSA) is 78.6 Å². The van der Waals surface area contributed by atoms with Crippen molar-refractivity contribution in [2.24, 2.45) is 0 Å². The number of hydrogen-bond acceptors (Lipinski definition) is 5. The minimum absolute atomic E-state index is 0.0940. The van der Waals surface area contributed by atoms with Gasteiger partial charge in [0.15, 0.2) is 0 Å². The predicted octanol–water partition coefficient (Wildman–Crippen LogP) is 3.35. The molecule has 1 fully saturated rings. The van der Waals surface area contributed by atoms with E-state index in [2.05, 4.69) is 5.10 Å². The van der Waals surface area contributed by atoms with Crippen LogP contribution in [-0.4, -0.2) is 52.0 Å². The summed E-state index contributed by atoms with van der Waals surface area (Å²) in [6.45, 7) is 4.69. The van der Waals surface area contributed by atoms with Gasteiger partial charge in [-0.2, -0.15) is 5.10 Å². The van der Waals surface area contributed by atoms with E-state index in [0.29, 0.717) is 32.8 Å². The molecular weight excluding hydrogens is 432 g/mol. The number of benzene rings is 2. The van der Waals surface area contributed by atoms with Gasteiger partial charge in [0, 0.05) is 43.8 Å². The van der Waals surface area contributed by atoms with E-state index in [9.17, 15) is 9.59 Å². The molecule has 0 unspecified atom stereocenters. The number of carbonyl (C=O) groups excluding carboxylic acids is 1. The first kappa shape index (κ1) is 22.4. The highest BCUT2D eigenvalue weighted by atomic mass is 16.5. The van der Waals surface area contributed by atoms with Crippen molar-refractivity contribution in [3.63, 3.8) is 0 Å².